The lowest BCUT2D eigenvalue weighted by Crippen LogP contribution is -2.21. The monoisotopic (exact) mass is 358 g/mol. The molecular weight excluding hydrogens is 347 g/mol. The average molecular weight is 359 g/mol. The van der Waals surface area contributed by atoms with Gasteiger partial charge < -0.3 is 5.11 Å². The number of nitrogens with zero attached hydrogens (tertiary/aromatic N) is 2. The molecule has 0 saturated heterocycles. The number of hydrogen-bond acceptors (Lipinski definition) is 3. The summed E-state index contributed by atoms with van der Waals surface area (Å²) in [5, 5.41) is 14.5. The molecule has 1 aliphatic heterocycles. The third kappa shape index (κ3) is 3.29. The van der Waals surface area contributed by atoms with E-state index in [1.807, 2.05) is 0 Å². The predicted octanol–water partition coefficient (Wildman–Crippen LogP) is 3.98. The molecule has 0 aliphatic carbocycles. The van der Waals surface area contributed by atoms with Gasteiger partial charge in [0.15, 0.2) is 0 Å². The van der Waals surface area contributed by atoms with E-state index < -0.39 is 17.7 Å². The Hall–Kier alpha value is -2.99. The molecule has 0 fully saturated rings. The summed E-state index contributed by atoms with van der Waals surface area (Å²) in [6.45, 7) is 1.65. The second kappa shape index (κ2) is 6.49. The highest BCUT2D eigenvalue weighted by atomic mass is 35.5. The number of benzene rings is 2. The smallest absolute Gasteiger partial charge is 0.337 e. The number of carbonyl (C=O) groups is 2. The number of rotatable bonds is 3. The van der Waals surface area contributed by atoms with Crippen molar-refractivity contribution < 1.29 is 19.1 Å². The van der Waals surface area contributed by atoms with Crippen molar-refractivity contribution in [3.8, 4) is 0 Å². The number of carbonyl (C=O) groups excluding carboxylic acids is 1. The minimum absolute atomic E-state index is 0.0686. The Bertz CT molecular complexity index is 953. The molecule has 5 nitrogen and oxygen atoms in total. The van der Waals surface area contributed by atoms with Gasteiger partial charge in [0, 0.05) is 0 Å². The minimum atomic E-state index is -1.20. The second-order valence-electron chi connectivity index (χ2n) is 5.38. The van der Waals surface area contributed by atoms with Gasteiger partial charge in [-0.3, -0.25) is 4.79 Å². The molecule has 2 aromatic carbocycles. The molecule has 0 aromatic heterocycles. The molecule has 0 unspecified atom stereocenters. The fourth-order valence-corrected chi connectivity index (χ4v) is 2.63. The van der Waals surface area contributed by atoms with Crippen LogP contribution in [-0.2, 0) is 4.79 Å². The Morgan fingerprint density at radius 1 is 1.28 bits per heavy atom. The van der Waals surface area contributed by atoms with E-state index >= 15 is 0 Å². The van der Waals surface area contributed by atoms with E-state index in [9.17, 15) is 14.0 Å². The van der Waals surface area contributed by atoms with E-state index in [-0.39, 0.29) is 16.3 Å². The largest absolute Gasteiger partial charge is 0.478 e. The van der Waals surface area contributed by atoms with Gasteiger partial charge in [0.1, 0.15) is 5.82 Å². The van der Waals surface area contributed by atoms with Crippen molar-refractivity contribution in [2.75, 3.05) is 5.01 Å². The van der Waals surface area contributed by atoms with E-state index in [0.29, 0.717) is 16.8 Å². The van der Waals surface area contributed by atoms with Gasteiger partial charge in [0.25, 0.3) is 5.91 Å². The molecule has 2 aromatic rings. The quantitative estimate of drug-likeness (QED) is 0.843. The molecule has 0 spiro atoms. The van der Waals surface area contributed by atoms with E-state index in [1.165, 1.54) is 36.4 Å². The van der Waals surface area contributed by atoms with Gasteiger partial charge in [-0.05, 0) is 48.9 Å². The maximum atomic E-state index is 13.3. The highest BCUT2D eigenvalue weighted by Gasteiger charge is 2.29. The van der Waals surface area contributed by atoms with Crippen molar-refractivity contribution in [2.24, 2.45) is 5.10 Å². The number of hydrogen-bond donors (Lipinski definition) is 1. The highest BCUT2D eigenvalue weighted by Crippen LogP contribution is 2.28. The van der Waals surface area contributed by atoms with Crippen LogP contribution in [0.2, 0.25) is 5.02 Å². The van der Waals surface area contributed by atoms with Crippen LogP contribution in [0.15, 0.2) is 53.1 Å². The number of halogens is 2. The number of hydrazone groups is 1. The van der Waals surface area contributed by atoms with Crippen molar-refractivity contribution in [3.63, 3.8) is 0 Å². The van der Waals surface area contributed by atoms with E-state index in [4.69, 9.17) is 16.7 Å². The lowest BCUT2D eigenvalue weighted by Gasteiger charge is -2.13. The first kappa shape index (κ1) is 16.9. The van der Waals surface area contributed by atoms with Crippen LogP contribution >= 0.6 is 11.6 Å². The van der Waals surface area contributed by atoms with Crippen molar-refractivity contribution in [1.82, 2.24) is 0 Å². The summed E-state index contributed by atoms with van der Waals surface area (Å²) in [5.41, 5.74) is 1.44. The molecule has 3 rings (SSSR count). The molecule has 1 aliphatic rings. The molecule has 0 radical (unpaired) electrons. The van der Waals surface area contributed by atoms with Gasteiger partial charge >= 0.3 is 5.97 Å². The summed E-state index contributed by atoms with van der Waals surface area (Å²) < 4.78 is 13.3. The highest BCUT2D eigenvalue weighted by molar-refractivity contribution is 6.34. The SMILES string of the molecule is CC1=NN(c2ccc(Cl)c(C(=O)O)c2)C(=O)/C1=C\c1cccc(F)c1. The van der Waals surface area contributed by atoms with Crippen LogP contribution in [0.5, 0.6) is 0 Å². The Kier molecular flexibility index (Phi) is 4.37. The molecule has 7 heteroatoms. The van der Waals surface area contributed by atoms with Gasteiger partial charge in [-0.25, -0.2) is 9.18 Å². The predicted molar refractivity (Wildman–Crippen MR) is 93.4 cm³/mol. The van der Waals surface area contributed by atoms with Crippen LogP contribution < -0.4 is 5.01 Å². The lowest BCUT2D eigenvalue weighted by molar-refractivity contribution is -0.114. The van der Waals surface area contributed by atoms with Crippen LogP contribution in [0.25, 0.3) is 6.08 Å². The zero-order chi connectivity index (χ0) is 18.1. The third-order valence-electron chi connectivity index (χ3n) is 3.65. The molecular formula is C18H12ClFN2O3. The summed E-state index contributed by atoms with van der Waals surface area (Å²) in [7, 11) is 0. The van der Waals surface area contributed by atoms with Crippen molar-refractivity contribution in [1.29, 1.82) is 0 Å². The fourth-order valence-electron chi connectivity index (χ4n) is 2.43. The zero-order valence-electron chi connectivity index (χ0n) is 13.0. The van der Waals surface area contributed by atoms with Gasteiger partial charge in [0.05, 0.1) is 27.6 Å². The normalized spacial score (nSPS) is 15.6. The van der Waals surface area contributed by atoms with Gasteiger partial charge in [-0.2, -0.15) is 10.1 Å². The first-order valence-corrected chi connectivity index (χ1v) is 7.65. The summed E-state index contributed by atoms with van der Waals surface area (Å²) in [6.07, 6.45) is 1.54. The molecule has 0 bridgehead atoms. The maximum absolute atomic E-state index is 13.3. The number of amides is 1. The third-order valence-corrected chi connectivity index (χ3v) is 3.98. The van der Waals surface area contributed by atoms with Gasteiger partial charge in [-0.1, -0.05) is 23.7 Å². The van der Waals surface area contributed by atoms with Crippen LogP contribution in [0, 0.1) is 5.82 Å². The zero-order valence-corrected chi connectivity index (χ0v) is 13.8. The van der Waals surface area contributed by atoms with E-state index in [0.717, 1.165) is 5.01 Å². The van der Waals surface area contributed by atoms with Crippen LogP contribution in [0.4, 0.5) is 10.1 Å². The van der Waals surface area contributed by atoms with Crippen molar-refractivity contribution in [3.05, 3.63) is 70.0 Å². The molecule has 0 saturated carbocycles. The fraction of sp³-hybridized carbons (Fsp3) is 0.0556. The van der Waals surface area contributed by atoms with E-state index in [1.54, 1.807) is 19.1 Å². The standard InChI is InChI=1S/C18H12ClFN2O3/c1-10-14(8-11-3-2-4-12(20)7-11)17(23)22(21-10)13-5-6-16(19)15(9-13)18(24)25/h2-9H,1H3,(H,24,25)/b14-8-. The Morgan fingerprint density at radius 2 is 2.04 bits per heavy atom. The van der Waals surface area contributed by atoms with Crippen LogP contribution in [-0.4, -0.2) is 22.7 Å². The molecule has 1 N–H and O–H groups in total. The van der Waals surface area contributed by atoms with Crippen molar-refractivity contribution >= 4 is 41.0 Å². The number of carboxylic acid groups (broad SMARTS) is 1. The maximum Gasteiger partial charge on any atom is 0.337 e. The van der Waals surface area contributed by atoms with Crippen LogP contribution in [0.1, 0.15) is 22.8 Å². The first-order chi connectivity index (χ1) is 11.9. The summed E-state index contributed by atoms with van der Waals surface area (Å²) in [5.74, 6) is -2.04. The second-order valence-corrected chi connectivity index (χ2v) is 5.79. The molecule has 25 heavy (non-hydrogen) atoms. The van der Waals surface area contributed by atoms with E-state index in [2.05, 4.69) is 5.10 Å². The number of anilines is 1. The Balaban J connectivity index is 1.98. The first-order valence-electron chi connectivity index (χ1n) is 7.27. The topological polar surface area (TPSA) is 70.0 Å². The van der Waals surface area contributed by atoms with Crippen molar-refractivity contribution in [2.45, 2.75) is 6.92 Å². The molecule has 126 valence electrons. The Labute approximate surface area is 147 Å². The average Bonchev–Trinajstić information content (AvgIpc) is 2.83. The van der Waals surface area contributed by atoms with Gasteiger partial charge in [0.2, 0.25) is 0 Å². The summed E-state index contributed by atoms with van der Waals surface area (Å²) >= 11 is 5.85. The Morgan fingerprint density at radius 3 is 2.72 bits per heavy atom. The van der Waals surface area contributed by atoms with Crippen LogP contribution in [0.3, 0.4) is 0 Å². The number of aromatic carboxylic acids is 1. The summed E-state index contributed by atoms with van der Waals surface area (Å²) in [6, 6.07) is 10.0. The lowest BCUT2D eigenvalue weighted by atomic mass is 10.1. The summed E-state index contributed by atoms with van der Waals surface area (Å²) in [4.78, 5) is 23.8. The molecule has 1 amide bonds. The minimum Gasteiger partial charge on any atom is -0.478 e. The van der Waals surface area contributed by atoms with Gasteiger partial charge in [-0.15, -0.1) is 0 Å². The molecule has 1 heterocycles. The number of carboxylic acids is 1. The molecule has 0 atom stereocenters.